The van der Waals surface area contributed by atoms with Crippen LogP contribution in [0.15, 0.2) is 58.3 Å². The van der Waals surface area contributed by atoms with Crippen LogP contribution in [0.5, 0.6) is 0 Å². The van der Waals surface area contributed by atoms with Crippen molar-refractivity contribution in [2.24, 2.45) is 0 Å². The van der Waals surface area contributed by atoms with Crippen LogP contribution in [0.25, 0.3) is 0 Å². The standard InChI is InChI=1S/C27H36S6/c1-5-15-28-25-23(32-25)17-30-21-11-7-19(8-12-21)27(3,4)20-9-13-22(14-10-20)31-18-24-26(33-24)29-16-6-2/h7-14,23-26H,5-6,15-18H2,1-4H3. The van der Waals surface area contributed by atoms with E-state index in [4.69, 9.17) is 0 Å². The minimum absolute atomic E-state index is 0.0227. The molecular weight excluding hydrogens is 517 g/mol. The molecule has 0 radical (unpaired) electrons. The van der Waals surface area contributed by atoms with E-state index < -0.39 is 0 Å². The quantitative estimate of drug-likeness (QED) is 0.168. The summed E-state index contributed by atoms with van der Waals surface area (Å²) < 4.78 is 1.70. The summed E-state index contributed by atoms with van der Waals surface area (Å²) in [6, 6.07) is 18.7. The molecule has 2 aliphatic heterocycles. The van der Waals surface area contributed by atoms with Crippen molar-refractivity contribution in [1.82, 2.24) is 0 Å². The summed E-state index contributed by atoms with van der Waals surface area (Å²) in [4.78, 5) is 2.81. The molecule has 4 atom stereocenters. The van der Waals surface area contributed by atoms with Crippen LogP contribution in [0, 0.1) is 0 Å². The van der Waals surface area contributed by atoms with Gasteiger partial charge in [0.15, 0.2) is 0 Å². The van der Waals surface area contributed by atoms with Crippen molar-refractivity contribution >= 4 is 70.6 Å². The van der Waals surface area contributed by atoms with E-state index in [9.17, 15) is 0 Å². The van der Waals surface area contributed by atoms with Gasteiger partial charge in [0.25, 0.3) is 0 Å². The first-order chi connectivity index (χ1) is 16.0. The zero-order valence-electron chi connectivity index (χ0n) is 20.1. The van der Waals surface area contributed by atoms with E-state index >= 15 is 0 Å². The molecule has 4 unspecified atom stereocenters. The van der Waals surface area contributed by atoms with Crippen molar-refractivity contribution < 1.29 is 0 Å². The Hall–Kier alpha value is 0.540. The Labute approximate surface area is 227 Å². The zero-order valence-corrected chi connectivity index (χ0v) is 25.0. The molecule has 2 aromatic rings. The maximum Gasteiger partial charge on any atom is 0.0633 e. The second-order valence-electron chi connectivity index (χ2n) is 9.12. The van der Waals surface area contributed by atoms with Crippen LogP contribution in [-0.4, -0.2) is 42.7 Å². The SMILES string of the molecule is CCCSC1SC1CSc1ccc(C(C)(C)c2ccc(SCC3SC3SCCC)cc2)cc1. The minimum atomic E-state index is 0.0227. The fourth-order valence-electron chi connectivity index (χ4n) is 3.71. The fraction of sp³-hybridized carbons (Fsp3) is 0.556. The van der Waals surface area contributed by atoms with Gasteiger partial charge in [-0.25, -0.2) is 0 Å². The van der Waals surface area contributed by atoms with E-state index in [0.29, 0.717) is 0 Å². The number of hydrogen-bond acceptors (Lipinski definition) is 6. The highest BCUT2D eigenvalue weighted by Crippen LogP contribution is 2.52. The van der Waals surface area contributed by atoms with Gasteiger partial charge in [-0.05, 0) is 59.7 Å². The lowest BCUT2D eigenvalue weighted by atomic mass is 9.78. The molecule has 0 aliphatic carbocycles. The third-order valence-corrected chi connectivity index (χ3v) is 15.3. The highest BCUT2D eigenvalue weighted by Gasteiger charge is 2.38. The highest BCUT2D eigenvalue weighted by molar-refractivity contribution is 8.24. The summed E-state index contributed by atoms with van der Waals surface area (Å²) in [5, 5.41) is 1.69. The second-order valence-corrected chi connectivity index (χ2v) is 17.2. The third-order valence-electron chi connectivity index (χ3n) is 6.02. The minimum Gasteiger partial charge on any atom is -0.146 e. The Bertz CT molecular complexity index is 792. The molecule has 0 saturated carbocycles. The van der Waals surface area contributed by atoms with Gasteiger partial charge in [0.2, 0.25) is 0 Å². The summed E-state index contributed by atoms with van der Waals surface area (Å²) >= 11 is 12.6. The molecule has 2 aliphatic rings. The summed E-state index contributed by atoms with van der Waals surface area (Å²) in [5.74, 6) is 5.09. The number of benzene rings is 2. The maximum absolute atomic E-state index is 2.35. The average molecular weight is 553 g/mol. The molecule has 180 valence electrons. The second kappa shape index (κ2) is 12.7. The van der Waals surface area contributed by atoms with Crippen LogP contribution in [-0.2, 0) is 5.41 Å². The first-order valence-corrected chi connectivity index (χ1v) is 18.0. The van der Waals surface area contributed by atoms with Crippen molar-refractivity contribution in [2.75, 3.05) is 23.0 Å². The number of thioether (sulfide) groups is 6. The predicted octanol–water partition coefficient (Wildman–Crippen LogP) is 9.37. The van der Waals surface area contributed by atoms with Crippen molar-refractivity contribution in [3.05, 3.63) is 59.7 Å². The summed E-state index contributed by atoms with van der Waals surface area (Å²) in [5.41, 5.74) is 2.82. The van der Waals surface area contributed by atoms with Gasteiger partial charge in [0, 0.05) is 37.2 Å². The number of hydrogen-bond donors (Lipinski definition) is 0. The van der Waals surface area contributed by atoms with Gasteiger partial charge in [0.1, 0.15) is 0 Å². The summed E-state index contributed by atoms with van der Waals surface area (Å²) in [6.07, 6.45) is 2.58. The molecule has 33 heavy (non-hydrogen) atoms. The van der Waals surface area contributed by atoms with Crippen LogP contribution in [0.2, 0.25) is 0 Å². The largest absolute Gasteiger partial charge is 0.146 e. The molecule has 2 heterocycles. The topological polar surface area (TPSA) is 0 Å². The van der Waals surface area contributed by atoms with Crippen molar-refractivity contribution in [1.29, 1.82) is 0 Å². The van der Waals surface area contributed by atoms with Gasteiger partial charge in [-0.3, -0.25) is 0 Å². The molecule has 4 rings (SSSR count). The zero-order chi connectivity index (χ0) is 23.3. The lowest BCUT2D eigenvalue weighted by molar-refractivity contribution is 0.639. The molecule has 0 N–H and O–H groups in total. The Kier molecular flexibility index (Phi) is 10.2. The van der Waals surface area contributed by atoms with E-state index in [-0.39, 0.29) is 5.41 Å². The lowest BCUT2D eigenvalue weighted by Crippen LogP contribution is -2.18. The Morgan fingerprint density at radius 3 is 1.42 bits per heavy atom. The highest BCUT2D eigenvalue weighted by atomic mass is 32.2. The molecule has 2 saturated heterocycles. The molecule has 0 spiro atoms. The van der Waals surface area contributed by atoms with Crippen LogP contribution in [0.1, 0.15) is 51.7 Å². The van der Waals surface area contributed by atoms with E-state index in [0.717, 1.165) is 19.7 Å². The van der Waals surface area contributed by atoms with Crippen LogP contribution >= 0.6 is 70.6 Å². The maximum atomic E-state index is 2.35. The van der Waals surface area contributed by atoms with E-state index in [1.165, 1.54) is 56.8 Å². The Morgan fingerprint density at radius 1 is 0.667 bits per heavy atom. The molecule has 0 nitrogen and oxygen atoms in total. The van der Waals surface area contributed by atoms with Crippen molar-refractivity contribution in [3.63, 3.8) is 0 Å². The monoisotopic (exact) mass is 552 g/mol. The summed E-state index contributed by atoms with van der Waals surface area (Å²) in [7, 11) is 0. The smallest absolute Gasteiger partial charge is 0.0633 e. The average Bonchev–Trinajstić information content (AvgIpc) is 3.76. The molecule has 2 aromatic carbocycles. The predicted molar refractivity (Wildman–Crippen MR) is 162 cm³/mol. The van der Waals surface area contributed by atoms with Crippen LogP contribution < -0.4 is 0 Å². The number of rotatable bonds is 14. The lowest BCUT2D eigenvalue weighted by Gasteiger charge is -2.26. The van der Waals surface area contributed by atoms with Crippen molar-refractivity contribution in [3.8, 4) is 0 Å². The molecular formula is C27H36S6. The van der Waals surface area contributed by atoms with Gasteiger partial charge in [-0.1, -0.05) is 52.0 Å². The van der Waals surface area contributed by atoms with Crippen molar-refractivity contribution in [2.45, 2.75) is 75.4 Å². The van der Waals surface area contributed by atoms with Gasteiger partial charge in [0.05, 0.1) is 9.16 Å². The first kappa shape index (κ1) is 26.6. The van der Waals surface area contributed by atoms with Crippen LogP contribution in [0.4, 0.5) is 0 Å². The van der Waals surface area contributed by atoms with Gasteiger partial charge < -0.3 is 0 Å². The van der Waals surface area contributed by atoms with Gasteiger partial charge >= 0.3 is 0 Å². The Morgan fingerprint density at radius 2 is 1.06 bits per heavy atom. The van der Waals surface area contributed by atoms with E-state index in [1.54, 1.807) is 0 Å². The Balaban J connectivity index is 1.25. The fourth-order valence-corrected chi connectivity index (χ4v) is 11.8. The van der Waals surface area contributed by atoms with Gasteiger partial charge in [-0.15, -0.1) is 70.6 Å². The molecule has 0 amide bonds. The summed E-state index contributed by atoms with van der Waals surface area (Å²) in [6.45, 7) is 9.25. The molecule has 6 heteroatoms. The molecule has 0 bridgehead atoms. The normalized spacial score (nSPS) is 24.1. The van der Waals surface area contributed by atoms with E-state index in [1.807, 2.05) is 23.5 Å². The van der Waals surface area contributed by atoms with Crippen LogP contribution in [0.3, 0.4) is 0 Å². The first-order valence-electron chi connectivity index (χ1n) is 12.0. The molecule has 0 aromatic heterocycles. The van der Waals surface area contributed by atoms with Gasteiger partial charge in [-0.2, -0.15) is 0 Å². The third kappa shape index (κ3) is 7.76. The molecule has 2 fully saturated rings. The van der Waals surface area contributed by atoms with E-state index in [2.05, 4.69) is 123 Å².